The molecule has 0 heterocycles. The number of allylic oxidation sites excluding steroid dienone is 3. The molecule has 0 radical (unpaired) electrons. The maximum Gasteiger partial charge on any atom is 0.0476 e. The van der Waals surface area contributed by atoms with Gasteiger partial charge in [0.1, 0.15) is 0 Å². The Morgan fingerprint density at radius 2 is 1.81 bits per heavy atom. The van der Waals surface area contributed by atoms with Gasteiger partial charge in [0.2, 0.25) is 0 Å². The van der Waals surface area contributed by atoms with Gasteiger partial charge in [-0.3, -0.25) is 0 Å². The van der Waals surface area contributed by atoms with Gasteiger partial charge in [0, 0.05) is 11.1 Å². The van der Waals surface area contributed by atoms with Crippen molar-refractivity contribution in [3.63, 3.8) is 0 Å². The summed E-state index contributed by atoms with van der Waals surface area (Å²) >= 11 is 0. The van der Waals surface area contributed by atoms with E-state index in [0.717, 1.165) is 28.7 Å². The molecule has 0 atom stereocenters. The molecule has 1 aromatic carbocycles. The van der Waals surface area contributed by atoms with Gasteiger partial charge < -0.3 is 0 Å². The summed E-state index contributed by atoms with van der Waals surface area (Å²) in [5.74, 6) is 0. The SMILES string of the molecule is C=C=C=C1C(=C=C)C(=C)Cc2ccccc21. The van der Waals surface area contributed by atoms with E-state index in [0.29, 0.717) is 0 Å². The first kappa shape index (κ1) is 10.3. The van der Waals surface area contributed by atoms with E-state index in [9.17, 15) is 0 Å². The first-order chi connectivity index (χ1) is 7.77. The Labute approximate surface area is 95.9 Å². The Hall–Kier alpha value is -2.22. The normalized spacial score (nSPS) is 13.6. The number of rotatable bonds is 0. The predicted molar refractivity (Wildman–Crippen MR) is 68.0 cm³/mol. The van der Waals surface area contributed by atoms with Crippen LogP contribution in [0.2, 0.25) is 0 Å². The molecule has 0 spiro atoms. The van der Waals surface area contributed by atoms with Crippen LogP contribution in [-0.4, -0.2) is 0 Å². The summed E-state index contributed by atoms with van der Waals surface area (Å²) in [6, 6.07) is 8.21. The van der Waals surface area contributed by atoms with Crippen LogP contribution in [0.5, 0.6) is 0 Å². The zero-order chi connectivity index (χ0) is 11.5. The topological polar surface area (TPSA) is 0 Å². The van der Waals surface area contributed by atoms with Crippen LogP contribution in [0.1, 0.15) is 11.1 Å². The van der Waals surface area contributed by atoms with Crippen molar-refractivity contribution in [3.8, 4) is 0 Å². The number of fused-ring (bicyclic) bond motifs is 1. The summed E-state index contributed by atoms with van der Waals surface area (Å²) in [6.45, 7) is 11.3. The van der Waals surface area contributed by atoms with Crippen molar-refractivity contribution in [2.75, 3.05) is 0 Å². The van der Waals surface area contributed by atoms with Crippen LogP contribution in [0, 0.1) is 0 Å². The van der Waals surface area contributed by atoms with Crippen molar-refractivity contribution >= 4 is 5.57 Å². The average molecular weight is 204 g/mol. The lowest BCUT2D eigenvalue weighted by atomic mass is 9.82. The second-order valence-corrected chi connectivity index (χ2v) is 3.67. The summed E-state index contributed by atoms with van der Waals surface area (Å²) in [5, 5.41) is 0. The smallest absolute Gasteiger partial charge is 0.0476 e. The van der Waals surface area contributed by atoms with E-state index in [1.165, 1.54) is 5.56 Å². The second kappa shape index (κ2) is 4.11. The van der Waals surface area contributed by atoms with Crippen LogP contribution in [0.15, 0.2) is 72.3 Å². The molecule has 0 saturated heterocycles. The third kappa shape index (κ3) is 1.54. The third-order valence-corrected chi connectivity index (χ3v) is 2.68. The molecule has 0 bridgehead atoms. The van der Waals surface area contributed by atoms with Crippen molar-refractivity contribution in [1.29, 1.82) is 0 Å². The highest BCUT2D eigenvalue weighted by Crippen LogP contribution is 2.35. The highest BCUT2D eigenvalue weighted by atomic mass is 14.2. The van der Waals surface area contributed by atoms with E-state index < -0.39 is 0 Å². The van der Waals surface area contributed by atoms with E-state index in [1.807, 2.05) is 12.1 Å². The Morgan fingerprint density at radius 3 is 2.50 bits per heavy atom. The van der Waals surface area contributed by atoms with Crippen LogP contribution in [0.25, 0.3) is 5.57 Å². The van der Waals surface area contributed by atoms with Crippen LogP contribution in [0.4, 0.5) is 0 Å². The van der Waals surface area contributed by atoms with E-state index >= 15 is 0 Å². The van der Waals surface area contributed by atoms with Gasteiger partial charge in [0.15, 0.2) is 0 Å². The van der Waals surface area contributed by atoms with Gasteiger partial charge in [0.25, 0.3) is 0 Å². The van der Waals surface area contributed by atoms with Crippen molar-refractivity contribution in [2.45, 2.75) is 6.42 Å². The minimum atomic E-state index is 0.844. The molecule has 2 rings (SSSR count). The number of benzene rings is 1. The van der Waals surface area contributed by atoms with Gasteiger partial charge in [0.05, 0.1) is 0 Å². The summed E-state index contributed by atoms with van der Waals surface area (Å²) in [5.41, 5.74) is 13.9. The first-order valence-electron chi connectivity index (χ1n) is 5.10. The molecule has 0 amide bonds. The fourth-order valence-electron chi connectivity index (χ4n) is 1.98. The third-order valence-electron chi connectivity index (χ3n) is 2.68. The summed E-state index contributed by atoms with van der Waals surface area (Å²) in [6.07, 6.45) is 0.844. The Morgan fingerprint density at radius 1 is 1.06 bits per heavy atom. The fourth-order valence-corrected chi connectivity index (χ4v) is 1.98. The van der Waals surface area contributed by atoms with E-state index in [4.69, 9.17) is 0 Å². The molecular formula is C16H12. The number of hydrogen-bond acceptors (Lipinski definition) is 0. The van der Waals surface area contributed by atoms with Crippen molar-refractivity contribution in [2.24, 2.45) is 0 Å². The molecule has 16 heavy (non-hydrogen) atoms. The van der Waals surface area contributed by atoms with E-state index in [1.54, 1.807) is 0 Å². The van der Waals surface area contributed by atoms with Crippen LogP contribution >= 0.6 is 0 Å². The van der Waals surface area contributed by atoms with Crippen LogP contribution in [-0.2, 0) is 6.42 Å². The van der Waals surface area contributed by atoms with E-state index in [2.05, 4.69) is 49.1 Å². The molecule has 1 aliphatic carbocycles. The van der Waals surface area contributed by atoms with Crippen molar-refractivity contribution in [3.05, 3.63) is 83.5 Å². The standard InChI is InChI=1S/C16H12/c1-4-8-16-14(5-2)12(3)11-13-9-6-7-10-15(13)16/h6-7,9-10H,1-3,11H2. The molecule has 1 aliphatic rings. The lowest BCUT2D eigenvalue weighted by Gasteiger charge is -2.20. The number of hydrogen-bond donors (Lipinski definition) is 0. The lowest BCUT2D eigenvalue weighted by Crippen LogP contribution is -2.06. The average Bonchev–Trinajstić information content (AvgIpc) is 2.29. The van der Waals surface area contributed by atoms with Gasteiger partial charge in [-0.05, 0) is 29.7 Å². The first-order valence-corrected chi connectivity index (χ1v) is 5.10. The fraction of sp³-hybridized carbons (Fsp3) is 0.0625. The van der Waals surface area contributed by atoms with Gasteiger partial charge in [-0.1, -0.05) is 48.9 Å². The Bertz CT molecular complexity index is 595. The maximum atomic E-state index is 4.05. The molecule has 1 aromatic rings. The molecule has 0 N–H and O–H groups in total. The lowest BCUT2D eigenvalue weighted by molar-refractivity contribution is 1.14. The van der Waals surface area contributed by atoms with Crippen LogP contribution < -0.4 is 0 Å². The molecule has 76 valence electrons. The molecule has 0 aliphatic heterocycles. The Kier molecular flexibility index (Phi) is 2.64. The summed E-state index contributed by atoms with van der Waals surface area (Å²) in [4.78, 5) is 0. The van der Waals surface area contributed by atoms with Crippen molar-refractivity contribution in [1.82, 2.24) is 0 Å². The molecule has 0 nitrogen and oxygen atoms in total. The van der Waals surface area contributed by atoms with Gasteiger partial charge in [-0.2, -0.15) is 0 Å². The highest BCUT2D eigenvalue weighted by molar-refractivity contribution is 5.87. The maximum absolute atomic E-state index is 4.05. The largest absolute Gasteiger partial charge is 0.119 e. The van der Waals surface area contributed by atoms with Crippen molar-refractivity contribution < 1.29 is 0 Å². The Balaban J connectivity index is 2.83. The summed E-state index contributed by atoms with van der Waals surface area (Å²) in [7, 11) is 0. The molecule has 0 unspecified atom stereocenters. The molecular weight excluding hydrogens is 192 g/mol. The monoisotopic (exact) mass is 204 g/mol. The van der Waals surface area contributed by atoms with E-state index in [-0.39, 0.29) is 0 Å². The molecule has 0 heteroatoms. The van der Waals surface area contributed by atoms with Gasteiger partial charge >= 0.3 is 0 Å². The predicted octanol–water partition coefficient (Wildman–Crippen LogP) is 3.83. The van der Waals surface area contributed by atoms with Gasteiger partial charge in [-0.25, -0.2) is 0 Å². The quantitative estimate of drug-likeness (QED) is 0.563. The molecule has 0 aromatic heterocycles. The van der Waals surface area contributed by atoms with Crippen LogP contribution in [0.3, 0.4) is 0 Å². The zero-order valence-corrected chi connectivity index (χ0v) is 9.14. The minimum Gasteiger partial charge on any atom is -0.119 e. The second-order valence-electron chi connectivity index (χ2n) is 3.67. The highest BCUT2D eigenvalue weighted by Gasteiger charge is 2.20. The summed E-state index contributed by atoms with van der Waals surface area (Å²) < 4.78 is 0. The zero-order valence-electron chi connectivity index (χ0n) is 9.14. The van der Waals surface area contributed by atoms with Gasteiger partial charge in [-0.15, -0.1) is 5.73 Å². The minimum absolute atomic E-state index is 0.844. The molecule has 0 fully saturated rings. The molecule has 0 saturated carbocycles.